The van der Waals surface area contributed by atoms with E-state index in [1.807, 2.05) is 19.2 Å². The highest BCUT2D eigenvalue weighted by molar-refractivity contribution is 7.10. The lowest BCUT2D eigenvalue weighted by Gasteiger charge is -2.17. The number of thiophene rings is 1. The van der Waals surface area contributed by atoms with Gasteiger partial charge < -0.3 is 4.74 Å². The summed E-state index contributed by atoms with van der Waals surface area (Å²) in [6.45, 7) is 3.97. The van der Waals surface area contributed by atoms with Crippen LogP contribution in [0.2, 0.25) is 5.02 Å². The van der Waals surface area contributed by atoms with Crippen LogP contribution in [0.3, 0.4) is 0 Å². The van der Waals surface area contributed by atoms with E-state index in [1.54, 1.807) is 6.07 Å². The Bertz CT molecular complexity index is 320. The molecule has 0 fully saturated rings. The van der Waals surface area contributed by atoms with Gasteiger partial charge in [0.25, 0.3) is 0 Å². The normalized spacial score (nSPS) is 12.9. The second-order valence-electron chi connectivity index (χ2n) is 3.38. The smallest absolute Gasteiger partial charge is 0.314 e. The molecule has 1 unspecified atom stereocenters. The highest BCUT2D eigenvalue weighted by Gasteiger charge is 2.27. The summed E-state index contributed by atoms with van der Waals surface area (Å²) in [5.74, 6) is -0.268. The fourth-order valence-electron chi connectivity index (χ4n) is 1.34. The van der Waals surface area contributed by atoms with Crippen LogP contribution in [0.25, 0.3) is 0 Å². The number of ether oxygens (including phenoxy) is 1. The first-order valence-corrected chi connectivity index (χ1v) is 5.64. The molecule has 0 N–H and O–H groups in total. The quantitative estimate of drug-likeness (QED) is 0.748. The van der Waals surface area contributed by atoms with Gasteiger partial charge in [-0.2, -0.15) is 0 Å². The third-order valence-corrected chi connectivity index (χ3v) is 3.49. The topological polar surface area (TPSA) is 26.3 Å². The molecular weight excluding hydrogens is 220 g/mol. The van der Waals surface area contributed by atoms with E-state index >= 15 is 0 Å². The second-order valence-corrected chi connectivity index (χ2v) is 4.73. The van der Waals surface area contributed by atoms with Crippen LogP contribution < -0.4 is 0 Å². The van der Waals surface area contributed by atoms with E-state index in [0.717, 1.165) is 4.88 Å². The molecular formula is C10H13ClO2S. The number of rotatable bonds is 3. The van der Waals surface area contributed by atoms with Gasteiger partial charge in [-0.05, 0) is 17.4 Å². The summed E-state index contributed by atoms with van der Waals surface area (Å²) in [7, 11) is 1.40. The fraction of sp³-hybridized carbons (Fsp3) is 0.500. The first-order valence-electron chi connectivity index (χ1n) is 4.38. The van der Waals surface area contributed by atoms with Crippen LogP contribution in [-0.4, -0.2) is 13.1 Å². The molecule has 2 nitrogen and oxygen atoms in total. The van der Waals surface area contributed by atoms with Crippen molar-refractivity contribution in [3.05, 3.63) is 21.3 Å². The highest BCUT2D eigenvalue weighted by Crippen LogP contribution is 2.35. The van der Waals surface area contributed by atoms with Crippen LogP contribution in [0, 0.1) is 5.92 Å². The van der Waals surface area contributed by atoms with E-state index in [2.05, 4.69) is 0 Å². The van der Waals surface area contributed by atoms with Gasteiger partial charge in [-0.3, -0.25) is 4.79 Å². The molecule has 0 aliphatic rings. The van der Waals surface area contributed by atoms with Crippen molar-refractivity contribution in [2.45, 2.75) is 19.8 Å². The highest BCUT2D eigenvalue weighted by atomic mass is 35.5. The lowest BCUT2D eigenvalue weighted by Crippen LogP contribution is -2.18. The zero-order valence-electron chi connectivity index (χ0n) is 8.41. The minimum atomic E-state index is -0.243. The van der Waals surface area contributed by atoms with E-state index < -0.39 is 0 Å². The minimum absolute atomic E-state index is 0.193. The number of halogens is 1. The maximum absolute atomic E-state index is 11.5. The average molecular weight is 233 g/mol. The molecule has 0 aliphatic carbocycles. The van der Waals surface area contributed by atoms with Crippen molar-refractivity contribution < 1.29 is 9.53 Å². The summed E-state index contributed by atoms with van der Waals surface area (Å²) in [5, 5.41) is 2.54. The molecule has 0 aromatic carbocycles. The summed E-state index contributed by atoms with van der Waals surface area (Å²) in [4.78, 5) is 12.4. The number of esters is 1. The van der Waals surface area contributed by atoms with Crippen LogP contribution in [0.5, 0.6) is 0 Å². The summed E-state index contributed by atoms with van der Waals surface area (Å²) in [5.41, 5.74) is 0. The van der Waals surface area contributed by atoms with Gasteiger partial charge in [0.1, 0.15) is 0 Å². The first-order chi connectivity index (χ1) is 6.57. The zero-order valence-corrected chi connectivity index (χ0v) is 9.98. The third-order valence-electron chi connectivity index (χ3n) is 2.05. The van der Waals surface area contributed by atoms with Crippen LogP contribution in [0.15, 0.2) is 11.4 Å². The average Bonchev–Trinajstić information content (AvgIpc) is 2.52. The van der Waals surface area contributed by atoms with Gasteiger partial charge in [0, 0.05) is 4.88 Å². The summed E-state index contributed by atoms with van der Waals surface area (Å²) < 4.78 is 4.76. The molecule has 0 saturated carbocycles. The molecule has 1 aromatic heterocycles. The maximum Gasteiger partial charge on any atom is 0.314 e. The number of hydrogen-bond acceptors (Lipinski definition) is 3. The van der Waals surface area contributed by atoms with Crippen molar-refractivity contribution in [3.8, 4) is 0 Å². The molecule has 0 saturated heterocycles. The second kappa shape index (κ2) is 4.80. The van der Waals surface area contributed by atoms with Gasteiger partial charge in [-0.15, -0.1) is 11.3 Å². The van der Waals surface area contributed by atoms with Crippen molar-refractivity contribution >= 4 is 28.9 Å². The van der Waals surface area contributed by atoms with Crippen LogP contribution in [-0.2, 0) is 9.53 Å². The van der Waals surface area contributed by atoms with Gasteiger partial charge in [0.05, 0.1) is 18.1 Å². The van der Waals surface area contributed by atoms with E-state index in [1.165, 1.54) is 18.4 Å². The van der Waals surface area contributed by atoms with E-state index in [-0.39, 0.29) is 17.8 Å². The summed E-state index contributed by atoms with van der Waals surface area (Å²) >= 11 is 7.48. The van der Waals surface area contributed by atoms with E-state index in [9.17, 15) is 4.79 Å². The van der Waals surface area contributed by atoms with Crippen molar-refractivity contribution in [1.29, 1.82) is 0 Å². The van der Waals surface area contributed by atoms with Crippen LogP contribution in [0.1, 0.15) is 24.6 Å². The predicted molar refractivity (Wildman–Crippen MR) is 58.9 cm³/mol. The summed E-state index contributed by atoms with van der Waals surface area (Å²) in [6.07, 6.45) is 0. The largest absolute Gasteiger partial charge is 0.469 e. The summed E-state index contributed by atoms with van der Waals surface area (Å²) in [6, 6.07) is 1.81. The first kappa shape index (κ1) is 11.5. The third kappa shape index (κ3) is 2.28. The molecule has 0 spiro atoms. The number of methoxy groups -OCH3 is 1. The Morgan fingerprint density at radius 2 is 2.21 bits per heavy atom. The molecule has 0 bridgehead atoms. The van der Waals surface area contributed by atoms with Gasteiger partial charge in [0.15, 0.2) is 0 Å². The van der Waals surface area contributed by atoms with Crippen molar-refractivity contribution in [2.24, 2.45) is 5.92 Å². The zero-order chi connectivity index (χ0) is 10.7. The molecule has 1 rings (SSSR count). The Morgan fingerprint density at radius 3 is 2.57 bits per heavy atom. The number of carbonyl (C=O) groups is 1. The molecule has 78 valence electrons. The fourth-order valence-corrected chi connectivity index (χ4v) is 2.77. The lowest BCUT2D eigenvalue weighted by atomic mass is 9.94. The molecule has 1 aromatic rings. The Morgan fingerprint density at radius 1 is 1.57 bits per heavy atom. The van der Waals surface area contributed by atoms with Gasteiger partial charge >= 0.3 is 5.97 Å². The standard InChI is InChI=1S/C10H13ClO2S/c1-6(2)8(10(12)13-3)9-7(11)4-5-14-9/h4-6,8H,1-3H3. The molecule has 1 atom stereocenters. The number of hydrogen-bond donors (Lipinski definition) is 0. The minimum Gasteiger partial charge on any atom is -0.469 e. The monoisotopic (exact) mass is 232 g/mol. The number of carbonyl (C=O) groups excluding carboxylic acids is 1. The van der Waals surface area contributed by atoms with Crippen LogP contribution >= 0.6 is 22.9 Å². The Balaban J connectivity index is 3.00. The molecule has 14 heavy (non-hydrogen) atoms. The van der Waals surface area contributed by atoms with Crippen LogP contribution in [0.4, 0.5) is 0 Å². The molecule has 4 heteroatoms. The molecule has 0 amide bonds. The van der Waals surface area contributed by atoms with Crippen molar-refractivity contribution in [2.75, 3.05) is 7.11 Å². The Labute approximate surface area is 92.8 Å². The SMILES string of the molecule is COC(=O)C(c1sccc1Cl)C(C)C. The molecule has 1 heterocycles. The van der Waals surface area contributed by atoms with E-state index in [4.69, 9.17) is 16.3 Å². The Hall–Kier alpha value is -0.540. The van der Waals surface area contributed by atoms with E-state index in [0.29, 0.717) is 5.02 Å². The lowest BCUT2D eigenvalue weighted by molar-refractivity contribution is -0.143. The molecule has 0 radical (unpaired) electrons. The van der Waals surface area contributed by atoms with Gasteiger partial charge in [-0.1, -0.05) is 25.4 Å². The van der Waals surface area contributed by atoms with Gasteiger partial charge in [0.2, 0.25) is 0 Å². The van der Waals surface area contributed by atoms with Crippen molar-refractivity contribution in [3.63, 3.8) is 0 Å². The maximum atomic E-state index is 11.5. The Kier molecular flexibility index (Phi) is 3.96. The predicted octanol–water partition coefficient (Wildman–Crippen LogP) is 3.31. The van der Waals surface area contributed by atoms with Gasteiger partial charge in [-0.25, -0.2) is 0 Å². The van der Waals surface area contributed by atoms with Crippen molar-refractivity contribution in [1.82, 2.24) is 0 Å². The molecule has 0 aliphatic heterocycles.